The van der Waals surface area contributed by atoms with Crippen molar-refractivity contribution in [1.29, 1.82) is 0 Å². The van der Waals surface area contributed by atoms with Crippen LogP contribution < -0.4 is 10.2 Å². The first-order valence-corrected chi connectivity index (χ1v) is 8.58. The zero-order chi connectivity index (χ0) is 18.5. The van der Waals surface area contributed by atoms with Crippen LogP contribution in [0.5, 0.6) is 5.75 Å². The summed E-state index contributed by atoms with van der Waals surface area (Å²) < 4.78 is 5.67. The average Bonchev–Trinajstić information content (AvgIpc) is 2.64. The van der Waals surface area contributed by atoms with Gasteiger partial charge in [0.25, 0.3) is 5.91 Å². The maximum absolute atomic E-state index is 12.1. The third-order valence-corrected chi connectivity index (χ3v) is 4.33. The van der Waals surface area contributed by atoms with Crippen LogP contribution in [-0.2, 0) is 4.79 Å². The fourth-order valence-corrected chi connectivity index (χ4v) is 2.55. The number of hydrogen-bond acceptors (Lipinski definition) is 4. The van der Waals surface area contributed by atoms with Crippen LogP contribution in [0.2, 0.25) is 10.0 Å². The third-order valence-electron chi connectivity index (χ3n) is 3.59. The molecule has 26 heavy (non-hydrogen) atoms. The number of hydrogen-bond donors (Lipinski definition) is 1. The van der Waals surface area contributed by atoms with Crippen LogP contribution in [-0.4, -0.2) is 23.2 Å². The fourth-order valence-electron chi connectivity index (χ4n) is 2.24. The first kappa shape index (κ1) is 18.2. The highest BCUT2D eigenvalue weighted by atomic mass is 35.5. The van der Waals surface area contributed by atoms with Gasteiger partial charge in [-0.05, 0) is 48.9 Å². The van der Waals surface area contributed by atoms with Crippen molar-refractivity contribution in [1.82, 2.24) is 10.4 Å². The predicted molar refractivity (Wildman–Crippen MR) is 104 cm³/mol. The van der Waals surface area contributed by atoms with Gasteiger partial charge in [0.05, 0.1) is 21.8 Å². The minimum Gasteiger partial charge on any atom is -0.481 e. The van der Waals surface area contributed by atoms with Crippen LogP contribution in [0.15, 0.2) is 59.8 Å². The highest BCUT2D eigenvalue weighted by molar-refractivity contribution is 6.42. The van der Waals surface area contributed by atoms with Gasteiger partial charge in [0.15, 0.2) is 6.10 Å². The van der Waals surface area contributed by atoms with Crippen LogP contribution in [0, 0.1) is 0 Å². The van der Waals surface area contributed by atoms with Crippen LogP contribution in [0.4, 0.5) is 0 Å². The minimum absolute atomic E-state index is 0.368. The Bertz CT molecular complexity index is 976. The molecule has 7 heteroatoms. The summed E-state index contributed by atoms with van der Waals surface area (Å²) in [6.45, 7) is 1.65. The van der Waals surface area contributed by atoms with Gasteiger partial charge in [0.1, 0.15) is 5.75 Å². The zero-order valence-corrected chi connectivity index (χ0v) is 15.3. The number of fused-ring (bicyclic) bond motifs is 1. The molecule has 5 nitrogen and oxygen atoms in total. The summed E-state index contributed by atoms with van der Waals surface area (Å²) in [7, 11) is 0. The number of aromatic nitrogens is 1. The summed E-state index contributed by atoms with van der Waals surface area (Å²) in [5.74, 6) is 0.217. The van der Waals surface area contributed by atoms with E-state index < -0.39 is 6.10 Å². The SMILES string of the molecule is CC(Oc1ccc2ncccc2c1)C(=O)N/N=C/c1ccc(Cl)c(Cl)c1. The molecule has 3 rings (SSSR count). The molecular formula is C19H15Cl2N3O2. The third kappa shape index (κ3) is 4.50. The summed E-state index contributed by atoms with van der Waals surface area (Å²) >= 11 is 11.8. The van der Waals surface area contributed by atoms with E-state index in [0.29, 0.717) is 15.8 Å². The molecule has 1 N–H and O–H groups in total. The molecule has 0 radical (unpaired) electrons. The van der Waals surface area contributed by atoms with Gasteiger partial charge in [-0.3, -0.25) is 9.78 Å². The molecule has 1 unspecified atom stereocenters. The normalized spacial score (nSPS) is 12.3. The lowest BCUT2D eigenvalue weighted by Gasteiger charge is -2.13. The molecule has 3 aromatic rings. The molecule has 0 fully saturated rings. The molecule has 0 saturated heterocycles. The van der Waals surface area contributed by atoms with Crippen molar-refractivity contribution in [2.75, 3.05) is 0 Å². The summed E-state index contributed by atoms with van der Waals surface area (Å²) in [6.07, 6.45) is 2.49. The smallest absolute Gasteiger partial charge is 0.280 e. The van der Waals surface area contributed by atoms with Crippen LogP contribution in [0.3, 0.4) is 0 Å². The van der Waals surface area contributed by atoms with Crippen molar-refractivity contribution in [3.63, 3.8) is 0 Å². The fraction of sp³-hybridized carbons (Fsp3) is 0.105. The second-order valence-corrected chi connectivity index (χ2v) is 6.34. The molecule has 0 spiro atoms. The summed E-state index contributed by atoms with van der Waals surface area (Å²) in [5, 5.41) is 5.73. The zero-order valence-electron chi connectivity index (χ0n) is 13.8. The van der Waals surface area contributed by atoms with Crippen molar-refractivity contribution in [2.24, 2.45) is 5.10 Å². The van der Waals surface area contributed by atoms with Crippen LogP contribution >= 0.6 is 23.2 Å². The first-order chi connectivity index (χ1) is 12.5. The number of carbonyl (C=O) groups excluding carboxylic acids is 1. The Balaban J connectivity index is 1.59. The van der Waals surface area contributed by atoms with Crippen molar-refractivity contribution in [3.05, 3.63) is 70.3 Å². The van der Waals surface area contributed by atoms with Gasteiger partial charge >= 0.3 is 0 Å². The number of carbonyl (C=O) groups is 1. The van der Waals surface area contributed by atoms with Gasteiger partial charge < -0.3 is 4.74 Å². The quantitative estimate of drug-likeness (QED) is 0.519. The van der Waals surface area contributed by atoms with Crippen LogP contribution in [0.1, 0.15) is 12.5 Å². The topological polar surface area (TPSA) is 63.6 Å². The second-order valence-electron chi connectivity index (χ2n) is 5.53. The van der Waals surface area contributed by atoms with E-state index in [1.54, 1.807) is 37.4 Å². The van der Waals surface area contributed by atoms with E-state index in [1.165, 1.54) is 6.21 Å². The summed E-state index contributed by atoms with van der Waals surface area (Å²) in [4.78, 5) is 16.4. The van der Waals surface area contributed by atoms with E-state index in [2.05, 4.69) is 15.5 Å². The molecular weight excluding hydrogens is 373 g/mol. The molecule has 1 amide bonds. The molecule has 0 bridgehead atoms. The highest BCUT2D eigenvalue weighted by Gasteiger charge is 2.14. The second kappa shape index (κ2) is 8.17. The monoisotopic (exact) mass is 387 g/mol. The number of amides is 1. The molecule has 0 aliphatic rings. The van der Waals surface area contributed by atoms with E-state index in [-0.39, 0.29) is 5.91 Å². The largest absolute Gasteiger partial charge is 0.481 e. The lowest BCUT2D eigenvalue weighted by molar-refractivity contribution is -0.127. The van der Waals surface area contributed by atoms with E-state index >= 15 is 0 Å². The van der Waals surface area contributed by atoms with E-state index in [1.807, 2.05) is 24.3 Å². The number of rotatable bonds is 5. The lowest BCUT2D eigenvalue weighted by Crippen LogP contribution is -2.33. The molecule has 132 valence electrons. The van der Waals surface area contributed by atoms with Crippen molar-refractivity contribution >= 4 is 46.2 Å². The predicted octanol–water partition coefficient (Wildman–Crippen LogP) is 4.46. The van der Waals surface area contributed by atoms with E-state index in [0.717, 1.165) is 16.5 Å². The average molecular weight is 388 g/mol. The number of nitrogens with zero attached hydrogens (tertiary/aromatic N) is 2. The number of halogens is 2. The first-order valence-electron chi connectivity index (χ1n) is 7.82. The Morgan fingerprint density at radius 2 is 2.04 bits per heavy atom. The Morgan fingerprint density at radius 1 is 1.19 bits per heavy atom. The number of benzene rings is 2. The Morgan fingerprint density at radius 3 is 2.85 bits per heavy atom. The molecule has 0 saturated carbocycles. The van der Waals surface area contributed by atoms with Gasteiger partial charge in [-0.2, -0.15) is 5.10 Å². The summed E-state index contributed by atoms with van der Waals surface area (Å²) in [5.41, 5.74) is 4.02. The minimum atomic E-state index is -0.713. The number of pyridine rings is 1. The molecule has 0 aliphatic heterocycles. The highest BCUT2D eigenvalue weighted by Crippen LogP contribution is 2.22. The number of ether oxygens (including phenoxy) is 1. The molecule has 1 heterocycles. The van der Waals surface area contributed by atoms with Gasteiger partial charge in [-0.25, -0.2) is 5.43 Å². The van der Waals surface area contributed by atoms with Gasteiger partial charge in [-0.15, -0.1) is 0 Å². The standard InChI is InChI=1S/C19H15Cl2N3O2/c1-12(26-15-5-7-18-14(10-15)3-2-8-22-18)19(25)24-23-11-13-4-6-16(20)17(21)9-13/h2-12H,1H3,(H,24,25)/b23-11+. The maximum Gasteiger partial charge on any atom is 0.280 e. The maximum atomic E-state index is 12.1. The Labute approximate surface area is 160 Å². The number of hydrazone groups is 1. The van der Waals surface area contributed by atoms with Gasteiger partial charge in [0, 0.05) is 11.6 Å². The molecule has 1 aromatic heterocycles. The van der Waals surface area contributed by atoms with E-state index in [4.69, 9.17) is 27.9 Å². The molecule has 2 aromatic carbocycles. The lowest BCUT2D eigenvalue weighted by atomic mass is 10.2. The van der Waals surface area contributed by atoms with Gasteiger partial charge in [0.2, 0.25) is 0 Å². The van der Waals surface area contributed by atoms with Crippen molar-refractivity contribution < 1.29 is 9.53 Å². The molecule has 1 atom stereocenters. The van der Waals surface area contributed by atoms with Crippen molar-refractivity contribution in [2.45, 2.75) is 13.0 Å². The van der Waals surface area contributed by atoms with E-state index in [9.17, 15) is 4.79 Å². The summed E-state index contributed by atoms with van der Waals surface area (Å²) in [6, 6.07) is 14.3. The van der Waals surface area contributed by atoms with Crippen LogP contribution in [0.25, 0.3) is 10.9 Å². The van der Waals surface area contributed by atoms with Gasteiger partial charge in [-0.1, -0.05) is 35.3 Å². The van der Waals surface area contributed by atoms with Crippen molar-refractivity contribution in [3.8, 4) is 5.75 Å². The molecule has 0 aliphatic carbocycles. The Kier molecular flexibility index (Phi) is 5.71. The Hall–Kier alpha value is -2.63. The number of nitrogens with one attached hydrogen (secondary N) is 1.